The van der Waals surface area contributed by atoms with E-state index in [-0.39, 0.29) is 12.3 Å². The number of benzene rings is 2. The number of hydrogen-bond donors (Lipinski definition) is 1. The molecule has 4 aromatic rings. The van der Waals surface area contributed by atoms with Gasteiger partial charge >= 0.3 is 5.63 Å². The standard InChI is InChI=1S/C24H23NO5/c1-4-28-17-7-5-16(6-8-17)25-23(26)10-9-18-15(3)20-11-19-14(2)13-29-21(19)12-22(20)30-24(18)27/h5-8,11-13H,4,9-10H2,1-3H3,(H,25,26). The number of aryl methyl sites for hydroxylation is 2. The van der Waals surface area contributed by atoms with E-state index in [2.05, 4.69) is 5.32 Å². The lowest BCUT2D eigenvalue weighted by Gasteiger charge is -2.09. The fourth-order valence-corrected chi connectivity index (χ4v) is 3.59. The van der Waals surface area contributed by atoms with Crippen LogP contribution in [-0.2, 0) is 11.2 Å². The minimum atomic E-state index is -0.420. The Morgan fingerprint density at radius 3 is 2.57 bits per heavy atom. The van der Waals surface area contributed by atoms with E-state index in [0.29, 0.717) is 35.4 Å². The molecule has 154 valence electrons. The lowest BCUT2D eigenvalue weighted by atomic mass is 10.0. The van der Waals surface area contributed by atoms with Gasteiger partial charge in [-0.3, -0.25) is 4.79 Å². The van der Waals surface area contributed by atoms with Crippen molar-refractivity contribution >= 4 is 33.5 Å². The summed E-state index contributed by atoms with van der Waals surface area (Å²) in [7, 11) is 0. The summed E-state index contributed by atoms with van der Waals surface area (Å²) < 4.78 is 16.4. The third-order valence-corrected chi connectivity index (χ3v) is 5.23. The van der Waals surface area contributed by atoms with Gasteiger partial charge < -0.3 is 18.9 Å². The van der Waals surface area contributed by atoms with E-state index >= 15 is 0 Å². The topological polar surface area (TPSA) is 81.7 Å². The fraction of sp³-hybridized carbons (Fsp3) is 0.250. The summed E-state index contributed by atoms with van der Waals surface area (Å²) in [6.45, 7) is 6.36. The molecule has 0 atom stereocenters. The molecule has 6 nitrogen and oxygen atoms in total. The predicted molar refractivity (Wildman–Crippen MR) is 116 cm³/mol. The molecule has 0 bridgehead atoms. The molecular formula is C24H23NO5. The van der Waals surface area contributed by atoms with E-state index in [0.717, 1.165) is 27.6 Å². The first-order valence-electron chi connectivity index (χ1n) is 9.93. The summed E-state index contributed by atoms with van der Waals surface area (Å²) in [5, 5.41) is 4.69. The van der Waals surface area contributed by atoms with Crippen molar-refractivity contribution < 1.29 is 18.4 Å². The Morgan fingerprint density at radius 1 is 1.07 bits per heavy atom. The summed E-state index contributed by atoms with van der Waals surface area (Å²) in [5.41, 5.74) is 3.81. The maximum absolute atomic E-state index is 12.5. The number of rotatable bonds is 6. The average molecular weight is 405 g/mol. The highest BCUT2D eigenvalue weighted by atomic mass is 16.5. The molecule has 0 saturated heterocycles. The van der Waals surface area contributed by atoms with E-state index in [1.165, 1.54) is 0 Å². The monoisotopic (exact) mass is 405 g/mol. The molecule has 2 aromatic carbocycles. The highest BCUT2D eigenvalue weighted by Crippen LogP contribution is 2.29. The molecule has 0 aliphatic carbocycles. The van der Waals surface area contributed by atoms with Crippen molar-refractivity contribution in [3.05, 3.63) is 69.8 Å². The smallest absolute Gasteiger partial charge is 0.339 e. The zero-order valence-electron chi connectivity index (χ0n) is 17.2. The Hall–Kier alpha value is -3.54. The average Bonchev–Trinajstić information content (AvgIpc) is 3.08. The Labute approximate surface area is 173 Å². The van der Waals surface area contributed by atoms with E-state index in [1.807, 2.05) is 26.8 Å². The van der Waals surface area contributed by atoms with Gasteiger partial charge in [0.1, 0.15) is 16.9 Å². The predicted octanol–water partition coefficient (Wildman–Crippen LogP) is 5.13. The zero-order valence-corrected chi connectivity index (χ0v) is 17.2. The van der Waals surface area contributed by atoms with Gasteiger partial charge in [-0.15, -0.1) is 0 Å². The van der Waals surface area contributed by atoms with Crippen LogP contribution in [0.1, 0.15) is 30.0 Å². The number of furan rings is 1. The Balaban J connectivity index is 1.53. The van der Waals surface area contributed by atoms with Crippen LogP contribution in [0.3, 0.4) is 0 Å². The summed E-state index contributed by atoms with van der Waals surface area (Å²) in [4.78, 5) is 24.9. The van der Waals surface area contributed by atoms with Crippen LogP contribution in [0.15, 0.2) is 56.3 Å². The van der Waals surface area contributed by atoms with Gasteiger partial charge in [0, 0.05) is 34.5 Å². The van der Waals surface area contributed by atoms with E-state index in [1.54, 1.807) is 36.6 Å². The first-order chi connectivity index (χ1) is 14.5. The largest absolute Gasteiger partial charge is 0.494 e. The van der Waals surface area contributed by atoms with Crippen LogP contribution < -0.4 is 15.7 Å². The second-order valence-electron chi connectivity index (χ2n) is 7.26. The first-order valence-corrected chi connectivity index (χ1v) is 9.93. The maximum Gasteiger partial charge on any atom is 0.339 e. The number of hydrogen-bond acceptors (Lipinski definition) is 5. The number of carbonyl (C=O) groups is 1. The number of anilines is 1. The van der Waals surface area contributed by atoms with Crippen molar-refractivity contribution in [1.82, 2.24) is 0 Å². The fourth-order valence-electron chi connectivity index (χ4n) is 3.59. The number of ether oxygens (including phenoxy) is 1. The van der Waals surface area contributed by atoms with Crippen molar-refractivity contribution in [2.24, 2.45) is 0 Å². The Kier molecular flexibility index (Phi) is 5.31. The van der Waals surface area contributed by atoms with Crippen LogP contribution >= 0.6 is 0 Å². The Morgan fingerprint density at radius 2 is 1.83 bits per heavy atom. The highest BCUT2D eigenvalue weighted by molar-refractivity contribution is 5.96. The number of carbonyl (C=O) groups excluding carboxylic acids is 1. The lowest BCUT2D eigenvalue weighted by molar-refractivity contribution is -0.116. The van der Waals surface area contributed by atoms with Crippen molar-refractivity contribution in [3.8, 4) is 5.75 Å². The van der Waals surface area contributed by atoms with Crippen LogP contribution in [-0.4, -0.2) is 12.5 Å². The molecule has 0 fully saturated rings. The molecule has 0 saturated carbocycles. The van der Waals surface area contributed by atoms with Gasteiger partial charge in [-0.25, -0.2) is 4.79 Å². The lowest BCUT2D eigenvalue weighted by Crippen LogP contribution is -2.16. The van der Waals surface area contributed by atoms with Crippen molar-refractivity contribution in [1.29, 1.82) is 0 Å². The third-order valence-electron chi connectivity index (χ3n) is 5.23. The SMILES string of the molecule is CCOc1ccc(NC(=O)CCc2c(C)c3cc4c(C)coc4cc3oc2=O)cc1. The summed E-state index contributed by atoms with van der Waals surface area (Å²) in [6.07, 6.45) is 2.16. The quantitative estimate of drug-likeness (QED) is 0.450. The molecule has 1 amide bonds. The van der Waals surface area contributed by atoms with Crippen LogP contribution in [0.25, 0.3) is 21.9 Å². The van der Waals surface area contributed by atoms with Crippen LogP contribution in [0.2, 0.25) is 0 Å². The molecule has 1 N–H and O–H groups in total. The van der Waals surface area contributed by atoms with Crippen molar-refractivity contribution in [2.45, 2.75) is 33.6 Å². The molecule has 2 aromatic heterocycles. The van der Waals surface area contributed by atoms with Gasteiger partial charge in [-0.05, 0) is 68.7 Å². The van der Waals surface area contributed by atoms with Crippen LogP contribution in [0.4, 0.5) is 5.69 Å². The van der Waals surface area contributed by atoms with Crippen molar-refractivity contribution in [2.75, 3.05) is 11.9 Å². The van der Waals surface area contributed by atoms with Crippen LogP contribution in [0, 0.1) is 13.8 Å². The van der Waals surface area contributed by atoms with Gasteiger partial charge in [0.25, 0.3) is 0 Å². The van der Waals surface area contributed by atoms with Crippen molar-refractivity contribution in [3.63, 3.8) is 0 Å². The Bertz CT molecular complexity index is 1280. The molecule has 4 rings (SSSR count). The number of amides is 1. The molecule has 0 aliphatic heterocycles. The second kappa shape index (κ2) is 8.06. The third kappa shape index (κ3) is 3.81. The number of fused-ring (bicyclic) bond motifs is 2. The molecule has 0 unspecified atom stereocenters. The molecule has 30 heavy (non-hydrogen) atoms. The van der Waals surface area contributed by atoms with E-state index in [9.17, 15) is 9.59 Å². The van der Waals surface area contributed by atoms with Gasteiger partial charge in [0.15, 0.2) is 0 Å². The first kappa shape index (κ1) is 19.8. The number of nitrogens with one attached hydrogen (secondary N) is 1. The molecular weight excluding hydrogens is 382 g/mol. The normalized spacial score (nSPS) is 11.2. The molecule has 0 aliphatic rings. The van der Waals surface area contributed by atoms with Gasteiger partial charge in [-0.1, -0.05) is 0 Å². The minimum Gasteiger partial charge on any atom is -0.494 e. The maximum atomic E-state index is 12.5. The van der Waals surface area contributed by atoms with Crippen LogP contribution in [0.5, 0.6) is 5.75 Å². The summed E-state index contributed by atoms with van der Waals surface area (Å²) in [6, 6.07) is 10.9. The minimum absolute atomic E-state index is 0.167. The molecule has 2 heterocycles. The zero-order chi connectivity index (χ0) is 21.3. The molecule has 0 radical (unpaired) electrons. The highest BCUT2D eigenvalue weighted by Gasteiger charge is 2.15. The van der Waals surface area contributed by atoms with Gasteiger partial charge in [0.2, 0.25) is 5.91 Å². The van der Waals surface area contributed by atoms with Gasteiger partial charge in [-0.2, -0.15) is 0 Å². The summed E-state index contributed by atoms with van der Waals surface area (Å²) in [5.74, 6) is 0.584. The summed E-state index contributed by atoms with van der Waals surface area (Å²) >= 11 is 0. The van der Waals surface area contributed by atoms with Gasteiger partial charge in [0.05, 0.1) is 12.9 Å². The van der Waals surface area contributed by atoms with E-state index in [4.69, 9.17) is 13.6 Å². The van der Waals surface area contributed by atoms with E-state index < -0.39 is 5.63 Å². The molecule has 6 heteroatoms. The molecule has 0 spiro atoms. The second-order valence-corrected chi connectivity index (χ2v) is 7.26.